The fourth-order valence-electron chi connectivity index (χ4n) is 4.36. The molecule has 1 heterocycles. The number of hydrogen-bond donors (Lipinski definition) is 0. The zero-order valence-corrected chi connectivity index (χ0v) is 13.9. The molecule has 0 N–H and O–H groups in total. The Labute approximate surface area is 129 Å². The number of aryl methyl sites for hydroxylation is 1. The first-order valence-electron chi connectivity index (χ1n) is 8.89. The van der Waals surface area contributed by atoms with Gasteiger partial charge in [-0.05, 0) is 71.6 Å². The Balaban J connectivity index is 1.72. The van der Waals surface area contributed by atoms with E-state index in [2.05, 4.69) is 37.8 Å². The van der Waals surface area contributed by atoms with Gasteiger partial charge in [0.25, 0.3) is 0 Å². The lowest BCUT2D eigenvalue weighted by Gasteiger charge is -2.39. The SMILES string of the molecule is CC(C)(C)c1cc2c3c(c1)CN(CC1CC1)CC3CCC2. The summed E-state index contributed by atoms with van der Waals surface area (Å²) in [5.74, 6) is 1.84. The van der Waals surface area contributed by atoms with Gasteiger partial charge in [0.05, 0.1) is 0 Å². The highest BCUT2D eigenvalue weighted by Crippen LogP contribution is 2.42. The van der Waals surface area contributed by atoms with Gasteiger partial charge in [0.15, 0.2) is 0 Å². The molecule has 1 unspecified atom stereocenters. The Hall–Kier alpha value is -0.820. The third kappa shape index (κ3) is 2.65. The maximum atomic E-state index is 2.76. The molecule has 1 aromatic carbocycles. The zero-order chi connectivity index (χ0) is 14.6. The molecule has 1 saturated carbocycles. The van der Waals surface area contributed by atoms with Crippen LogP contribution in [0.25, 0.3) is 0 Å². The van der Waals surface area contributed by atoms with Crippen LogP contribution in [0.2, 0.25) is 0 Å². The Bertz CT molecular complexity index is 548. The lowest BCUT2D eigenvalue weighted by atomic mass is 9.74. The van der Waals surface area contributed by atoms with Crippen LogP contribution in [0.4, 0.5) is 0 Å². The van der Waals surface area contributed by atoms with Crippen LogP contribution < -0.4 is 0 Å². The number of nitrogens with zero attached hydrogens (tertiary/aromatic N) is 1. The van der Waals surface area contributed by atoms with E-state index >= 15 is 0 Å². The first-order chi connectivity index (χ1) is 10.0. The van der Waals surface area contributed by atoms with Crippen LogP contribution in [0.5, 0.6) is 0 Å². The van der Waals surface area contributed by atoms with Crippen molar-refractivity contribution in [2.24, 2.45) is 5.92 Å². The Morgan fingerprint density at radius 2 is 1.86 bits per heavy atom. The molecule has 21 heavy (non-hydrogen) atoms. The van der Waals surface area contributed by atoms with E-state index < -0.39 is 0 Å². The van der Waals surface area contributed by atoms with E-state index in [1.54, 1.807) is 22.3 Å². The van der Waals surface area contributed by atoms with E-state index in [1.807, 2.05) is 0 Å². The molecule has 114 valence electrons. The summed E-state index contributed by atoms with van der Waals surface area (Å²) < 4.78 is 0. The third-order valence-corrected chi connectivity index (χ3v) is 5.71. The molecule has 1 nitrogen and oxygen atoms in total. The predicted molar refractivity (Wildman–Crippen MR) is 88.8 cm³/mol. The molecule has 0 saturated heterocycles. The van der Waals surface area contributed by atoms with Crippen LogP contribution in [-0.2, 0) is 18.4 Å². The molecule has 0 aromatic heterocycles. The molecule has 1 aromatic rings. The summed E-state index contributed by atoms with van der Waals surface area (Å²) in [5.41, 5.74) is 6.91. The van der Waals surface area contributed by atoms with E-state index in [1.165, 1.54) is 51.7 Å². The average molecular weight is 283 g/mol. The largest absolute Gasteiger partial charge is 0.298 e. The summed E-state index contributed by atoms with van der Waals surface area (Å²) in [6.45, 7) is 10.9. The topological polar surface area (TPSA) is 3.24 Å². The maximum absolute atomic E-state index is 2.76. The molecule has 1 atom stereocenters. The van der Waals surface area contributed by atoms with Gasteiger partial charge in [-0.1, -0.05) is 32.9 Å². The summed E-state index contributed by atoms with van der Waals surface area (Å²) in [4.78, 5) is 2.76. The molecule has 0 radical (unpaired) electrons. The monoisotopic (exact) mass is 283 g/mol. The minimum Gasteiger partial charge on any atom is -0.298 e. The molecule has 1 fully saturated rings. The lowest BCUT2D eigenvalue weighted by molar-refractivity contribution is 0.211. The van der Waals surface area contributed by atoms with Gasteiger partial charge in [0.1, 0.15) is 0 Å². The molecule has 4 rings (SSSR count). The molecule has 1 heteroatoms. The first-order valence-corrected chi connectivity index (χ1v) is 8.89. The van der Waals surface area contributed by atoms with Crippen LogP contribution in [0.3, 0.4) is 0 Å². The van der Waals surface area contributed by atoms with Crippen molar-refractivity contribution in [3.63, 3.8) is 0 Å². The smallest absolute Gasteiger partial charge is 0.0237 e. The van der Waals surface area contributed by atoms with Crippen LogP contribution in [0, 0.1) is 5.92 Å². The normalized spacial score (nSPS) is 25.8. The van der Waals surface area contributed by atoms with Gasteiger partial charge >= 0.3 is 0 Å². The molecular formula is C20H29N. The van der Waals surface area contributed by atoms with E-state index in [4.69, 9.17) is 0 Å². The highest BCUT2D eigenvalue weighted by molar-refractivity contribution is 5.46. The molecule has 0 spiro atoms. The van der Waals surface area contributed by atoms with Crippen molar-refractivity contribution in [1.82, 2.24) is 4.90 Å². The van der Waals surface area contributed by atoms with Gasteiger partial charge in [0, 0.05) is 19.6 Å². The first kappa shape index (κ1) is 13.8. The van der Waals surface area contributed by atoms with Crippen molar-refractivity contribution < 1.29 is 0 Å². The highest BCUT2D eigenvalue weighted by Gasteiger charge is 2.33. The lowest BCUT2D eigenvalue weighted by Crippen LogP contribution is -2.37. The fraction of sp³-hybridized carbons (Fsp3) is 0.700. The van der Waals surface area contributed by atoms with Crippen LogP contribution >= 0.6 is 0 Å². The molecule has 2 aliphatic carbocycles. The van der Waals surface area contributed by atoms with Crippen molar-refractivity contribution in [1.29, 1.82) is 0 Å². The second-order valence-corrected chi connectivity index (χ2v) is 8.68. The zero-order valence-electron chi connectivity index (χ0n) is 13.9. The minimum absolute atomic E-state index is 0.275. The Kier molecular flexibility index (Phi) is 3.19. The number of rotatable bonds is 2. The molecule has 0 amide bonds. The van der Waals surface area contributed by atoms with Gasteiger partial charge < -0.3 is 0 Å². The van der Waals surface area contributed by atoms with E-state index in [-0.39, 0.29) is 5.41 Å². The van der Waals surface area contributed by atoms with Crippen molar-refractivity contribution in [3.8, 4) is 0 Å². The quantitative estimate of drug-likeness (QED) is 0.765. The minimum atomic E-state index is 0.275. The maximum Gasteiger partial charge on any atom is 0.0237 e. The third-order valence-electron chi connectivity index (χ3n) is 5.71. The Morgan fingerprint density at radius 1 is 1.10 bits per heavy atom. The van der Waals surface area contributed by atoms with Crippen molar-refractivity contribution in [3.05, 3.63) is 34.4 Å². The average Bonchev–Trinajstić information content (AvgIpc) is 3.21. The summed E-state index contributed by atoms with van der Waals surface area (Å²) in [5, 5.41) is 0. The summed E-state index contributed by atoms with van der Waals surface area (Å²) in [7, 11) is 0. The second-order valence-electron chi connectivity index (χ2n) is 8.68. The highest BCUT2D eigenvalue weighted by atomic mass is 15.1. The predicted octanol–water partition coefficient (Wildman–Crippen LogP) is 4.63. The van der Waals surface area contributed by atoms with Crippen LogP contribution in [-0.4, -0.2) is 18.0 Å². The van der Waals surface area contributed by atoms with Gasteiger partial charge in [-0.25, -0.2) is 0 Å². The number of benzene rings is 1. The van der Waals surface area contributed by atoms with Gasteiger partial charge in [-0.2, -0.15) is 0 Å². The van der Waals surface area contributed by atoms with E-state index in [9.17, 15) is 0 Å². The van der Waals surface area contributed by atoms with Gasteiger partial charge in [-0.3, -0.25) is 4.90 Å². The summed E-state index contributed by atoms with van der Waals surface area (Å²) in [6.07, 6.45) is 7.06. The van der Waals surface area contributed by atoms with E-state index in [0.717, 1.165) is 11.8 Å². The summed E-state index contributed by atoms with van der Waals surface area (Å²) in [6, 6.07) is 5.07. The van der Waals surface area contributed by atoms with Gasteiger partial charge in [-0.15, -0.1) is 0 Å². The molecular weight excluding hydrogens is 254 g/mol. The Morgan fingerprint density at radius 3 is 2.57 bits per heavy atom. The van der Waals surface area contributed by atoms with E-state index in [0.29, 0.717) is 0 Å². The second kappa shape index (κ2) is 4.84. The van der Waals surface area contributed by atoms with Crippen LogP contribution in [0.15, 0.2) is 12.1 Å². The summed E-state index contributed by atoms with van der Waals surface area (Å²) >= 11 is 0. The fourth-order valence-corrected chi connectivity index (χ4v) is 4.36. The molecule has 1 aliphatic heterocycles. The number of hydrogen-bond acceptors (Lipinski definition) is 1. The van der Waals surface area contributed by atoms with Crippen molar-refractivity contribution in [2.45, 2.75) is 70.8 Å². The molecule has 3 aliphatic rings. The van der Waals surface area contributed by atoms with Crippen molar-refractivity contribution >= 4 is 0 Å². The van der Waals surface area contributed by atoms with Crippen LogP contribution in [0.1, 0.15) is 74.6 Å². The molecule has 0 bridgehead atoms. The van der Waals surface area contributed by atoms with Gasteiger partial charge in [0.2, 0.25) is 0 Å². The van der Waals surface area contributed by atoms with Crippen molar-refractivity contribution in [2.75, 3.05) is 13.1 Å². The standard InChI is InChI=1S/C20H29N/c1-20(2,3)18-9-15-5-4-6-16-12-21(11-14-7-8-14)13-17(10-18)19(15)16/h9-10,14,16H,4-8,11-13H2,1-3H3.